The monoisotopic (exact) mass is 380 g/mol. The minimum Gasteiger partial charge on any atom is -0.379 e. The van der Waals surface area contributed by atoms with Gasteiger partial charge in [0.1, 0.15) is 4.83 Å². The van der Waals surface area contributed by atoms with Crippen LogP contribution in [0.1, 0.15) is 19.8 Å². The van der Waals surface area contributed by atoms with Crippen molar-refractivity contribution >= 4 is 15.9 Å². The molecule has 0 aromatic carbocycles. The van der Waals surface area contributed by atoms with Crippen molar-refractivity contribution in [1.29, 1.82) is 0 Å². The quantitative estimate of drug-likeness (QED) is 0.342. The van der Waals surface area contributed by atoms with E-state index in [-0.39, 0.29) is 13.2 Å². The summed E-state index contributed by atoms with van der Waals surface area (Å²) in [6.45, 7) is 4.69. The van der Waals surface area contributed by atoms with Crippen LogP contribution in [-0.4, -0.2) is 63.9 Å². The lowest BCUT2D eigenvalue weighted by Gasteiger charge is -2.14. The van der Waals surface area contributed by atoms with Crippen LogP contribution in [0.25, 0.3) is 0 Å². The summed E-state index contributed by atoms with van der Waals surface area (Å²) in [7, 11) is 0. The van der Waals surface area contributed by atoms with E-state index in [4.69, 9.17) is 18.9 Å². The second kappa shape index (κ2) is 13.8. The van der Waals surface area contributed by atoms with Crippen molar-refractivity contribution in [2.75, 3.05) is 52.9 Å². The molecule has 0 N–H and O–H groups in total. The van der Waals surface area contributed by atoms with Crippen LogP contribution in [0.4, 0.5) is 13.2 Å². The third-order valence-corrected chi connectivity index (χ3v) is 3.16. The lowest BCUT2D eigenvalue weighted by atomic mass is 10.4. The second-order valence-electron chi connectivity index (χ2n) is 4.27. The van der Waals surface area contributed by atoms with Gasteiger partial charge in [0.25, 0.3) is 0 Å². The van der Waals surface area contributed by atoms with E-state index in [1.807, 2.05) is 0 Å². The molecule has 0 aliphatic rings. The summed E-state index contributed by atoms with van der Waals surface area (Å²) < 4.78 is 56.9. The van der Waals surface area contributed by atoms with Crippen LogP contribution in [-0.2, 0) is 18.9 Å². The summed E-state index contributed by atoms with van der Waals surface area (Å²) >= 11 is 2.51. The number of hydrogen-bond donors (Lipinski definition) is 0. The fourth-order valence-corrected chi connectivity index (χ4v) is 1.37. The number of halogens is 4. The van der Waals surface area contributed by atoms with E-state index in [2.05, 4.69) is 22.9 Å². The van der Waals surface area contributed by atoms with Gasteiger partial charge in [-0.1, -0.05) is 29.3 Å². The van der Waals surface area contributed by atoms with Crippen LogP contribution in [0.3, 0.4) is 0 Å². The van der Waals surface area contributed by atoms with Gasteiger partial charge in [-0.05, 0) is 6.42 Å². The first-order valence-electron chi connectivity index (χ1n) is 7.00. The van der Waals surface area contributed by atoms with Crippen molar-refractivity contribution in [3.05, 3.63) is 0 Å². The highest BCUT2D eigenvalue weighted by Gasteiger charge is 2.37. The molecule has 1 atom stereocenters. The molecular formula is C13H24BrF3O4. The zero-order valence-electron chi connectivity index (χ0n) is 12.3. The SMILES string of the molecule is CCCCOCCOCCOCCOCC(Br)C(F)(F)F. The molecule has 0 heterocycles. The highest BCUT2D eigenvalue weighted by Crippen LogP contribution is 2.26. The van der Waals surface area contributed by atoms with Gasteiger partial charge >= 0.3 is 6.18 Å². The molecule has 0 aliphatic heterocycles. The van der Waals surface area contributed by atoms with Crippen molar-refractivity contribution < 1.29 is 32.1 Å². The number of ether oxygens (including phenoxy) is 4. The third-order valence-electron chi connectivity index (χ3n) is 2.38. The minimum atomic E-state index is -4.28. The lowest BCUT2D eigenvalue weighted by molar-refractivity contribution is -0.138. The molecule has 0 aromatic heterocycles. The van der Waals surface area contributed by atoms with Gasteiger partial charge in [0.2, 0.25) is 0 Å². The molecule has 0 radical (unpaired) electrons. The van der Waals surface area contributed by atoms with E-state index in [0.717, 1.165) is 19.4 Å². The molecule has 4 nitrogen and oxygen atoms in total. The van der Waals surface area contributed by atoms with Gasteiger partial charge < -0.3 is 18.9 Å². The number of alkyl halides is 4. The number of unbranched alkanes of at least 4 members (excludes halogenated alkanes) is 1. The summed E-state index contributed by atoms with van der Waals surface area (Å²) in [6.07, 6.45) is -2.13. The first-order chi connectivity index (χ1) is 9.98. The first-order valence-corrected chi connectivity index (χ1v) is 7.91. The minimum absolute atomic E-state index is 0.123. The Morgan fingerprint density at radius 2 is 1.24 bits per heavy atom. The molecule has 128 valence electrons. The van der Waals surface area contributed by atoms with E-state index < -0.39 is 17.6 Å². The molecule has 0 fully saturated rings. The van der Waals surface area contributed by atoms with Gasteiger partial charge in [-0.25, -0.2) is 0 Å². The van der Waals surface area contributed by atoms with E-state index in [1.54, 1.807) is 0 Å². The molecule has 1 unspecified atom stereocenters. The maximum Gasteiger partial charge on any atom is 0.403 e. The Bertz CT molecular complexity index is 230. The van der Waals surface area contributed by atoms with Crippen LogP contribution >= 0.6 is 15.9 Å². The van der Waals surface area contributed by atoms with E-state index in [0.29, 0.717) is 26.4 Å². The van der Waals surface area contributed by atoms with Gasteiger partial charge in [0.15, 0.2) is 0 Å². The van der Waals surface area contributed by atoms with Gasteiger partial charge in [-0.2, -0.15) is 13.2 Å². The van der Waals surface area contributed by atoms with Gasteiger partial charge in [-0.3, -0.25) is 0 Å². The highest BCUT2D eigenvalue weighted by molar-refractivity contribution is 9.09. The zero-order chi connectivity index (χ0) is 16.0. The highest BCUT2D eigenvalue weighted by atomic mass is 79.9. The molecule has 0 amide bonds. The van der Waals surface area contributed by atoms with Gasteiger partial charge in [0.05, 0.1) is 46.2 Å². The predicted molar refractivity (Wildman–Crippen MR) is 77.0 cm³/mol. The van der Waals surface area contributed by atoms with Gasteiger partial charge in [-0.15, -0.1) is 0 Å². The molecule has 21 heavy (non-hydrogen) atoms. The Labute approximate surface area is 132 Å². The van der Waals surface area contributed by atoms with E-state index >= 15 is 0 Å². The molecule has 0 rings (SSSR count). The summed E-state index contributed by atoms with van der Waals surface area (Å²) in [4.78, 5) is -1.64. The largest absolute Gasteiger partial charge is 0.403 e. The fraction of sp³-hybridized carbons (Fsp3) is 1.00. The second-order valence-corrected chi connectivity index (χ2v) is 5.38. The average Bonchev–Trinajstić information content (AvgIpc) is 2.42. The molecule has 0 saturated carbocycles. The van der Waals surface area contributed by atoms with Crippen LogP contribution in [0.2, 0.25) is 0 Å². The van der Waals surface area contributed by atoms with Crippen molar-refractivity contribution in [3.8, 4) is 0 Å². The average molecular weight is 381 g/mol. The molecule has 8 heteroatoms. The predicted octanol–water partition coefficient (Wildman–Crippen LogP) is 3.18. The fourth-order valence-electron chi connectivity index (χ4n) is 1.19. The summed E-state index contributed by atoms with van der Waals surface area (Å²) in [5.41, 5.74) is 0. The number of hydrogen-bond acceptors (Lipinski definition) is 4. The normalized spacial score (nSPS) is 13.6. The molecule has 0 spiro atoms. The Hall–Kier alpha value is 0.110. The molecule has 0 bridgehead atoms. The Morgan fingerprint density at radius 1 is 0.810 bits per heavy atom. The smallest absolute Gasteiger partial charge is 0.379 e. The van der Waals surface area contributed by atoms with Crippen LogP contribution in [0, 0.1) is 0 Å². The molecule has 0 saturated heterocycles. The van der Waals surface area contributed by atoms with Crippen molar-refractivity contribution in [2.45, 2.75) is 30.8 Å². The molecule has 0 aromatic rings. The van der Waals surface area contributed by atoms with Gasteiger partial charge in [0, 0.05) is 6.61 Å². The summed E-state index contributed by atoms with van der Waals surface area (Å²) in [6, 6.07) is 0. The van der Waals surface area contributed by atoms with Crippen molar-refractivity contribution in [1.82, 2.24) is 0 Å². The third kappa shape index (κ3) is 14.8. The number of rotatable bonds is 14. The summed E-state index contributed by atoms with van der Waals surface area (Å²) in [5, 5.41) is 0. The maximum absolute atomic E-state index is 12.1. The lowest BCUT2D eigenvalue weighted by Crippen LogP contribution is -2.28. The Morgan fingerprint density at radius 3 is 1.67 bits per heavy atom. The molecular weight excluding hydrogens is 357 g/mol. The van der Waals surface area contributed by atoms with Crippen molar-refractivity contribution in [3.63, 3.8) is 0 Å². The van der Waals surface area contributed by atoms with Crippen molar-refractivity contribution in [2.24, 2.45) is 0 Å². The zero-order valence-corrected chi connectivity index (χ0v) is 13.9. The van der Waals surface area contributed by atoms with E-state index in [1.165, 1.54) is 0 Å². The van der Waals surface area contributed by atoms with Crippen LogP contribution < -0.4 is 0 Å². The van der Waals surface area contributed by atoms with E-state index in [9.17, 15) is 13.2 Å². The first kappa shape index (κ1) is 21.1. The van der Waals surface area contributed by atoms with Crippen LogP contribution in [0.15, 0.2) is 0 Å². The topological polar surface area (TPSA) is 36.9 Å². The Balaban J connectivity index is 3.13. The summed E-state index contributed by atoms with van der Waals surface area (Å²) in [5.74, 6) is 0. The van der Waals surface area contributed by atoms with Crippen LogP contribution in [0.5, 0.6) is 0 Å². The standard InChI is InChI=1S/C13H24BrF3O4/c1-2-3-4-18-5-6-19-7-8-20-9-10-21-11-12(14)13(15,16)17/h12H,2-11H2,1H3. The Kier molecular flexibility index (Phi) is 13.8. The maximum atomic E-state index is 12.1. The molecule has 0 aliphatic carbocycles.